The predicted octanol–water partition coefficient (Wildman–Crippen LogP) is 1.22. The van der Waals surface area contributed by atoms with Gasteiger partial charge in [-0.3, -0.25) is 24.6 Å². The SMILES string of the molecule is O=[N+]([O-])[C-](c1ccccc1F)[N+](=O)[O-]. The summed E-state index contributed by atoms with van der Waals surface area (Å²) in [4.78, 5) is 18.1. The Labute approximate surface area is 77.3 Å². The van der Waals surface area contributed by atoms with Gasteiger partial charge >= 0.3 is 6.17 Å². The number of benzene rings is 1. The lowest BCUT2D eigenvalue weighted by molar-refractivity contribution is -0.661. The maximum atomic E-state index is 12.9. The van der Waals surface area contributed by atoms with Gasteiger partial charge in [-0.2, -0.15) is 0 Å². The molecule has 0 saturated carbocycles. The highest BCUT2D eigenvalue weighted by Crippen LogP contribution is 2.18. The number of hydrogen-bond acceptors (Lipinski definition) is 4. The van der Waals surface area contributed by atoms with E-state index in [4.69, 9.17) is 0 Å². The molecule has 0 aliphatic heterocycles. The second-order valence-corrected chi connectivity index (χ2v) is 2.32. The summed E-state index contributed by atoms with van der Waals surface area (Å²) in [5.74, 6) is -0.990. The fraction of sp³-hybridized carbons (Fsp3) is 0. The molecule has 7 heteroatoms. The fourth-order valence-electron chi connectivity index (χ4n) is 0.906. The molecular formula is C7H4FN2O4-. The van der Waals surface area contributed by atoms with Crippen LogP contribution in [0.5, 0.6) is 0 Å². The van der Waals surface area contributed by atoms with Gasteiger partial charge in [-0.15, -0.1) is 12.1 Å². The van der Waals surface area contributed by atoms with E-state index in [1.165, 1.54) is 12.1 Å². The molecule has 14 heavy (non-hydrogen) atoms. The van der Waals surface area contributed by atoms with Crippen LogP contribution in [0.2, 0.25) is 0 Å². The van der Waals surface area contributed by atoms with Gasteiger partial charge in [0.1, 0.15) is 0 Å². The third kappa shape index (κ3) is 1.76. The molecule has 0 N–H and O–H groups in total. The molecule has 6 nitrogen and oxygen atoms in total. The standard InChI is InChI=1S/C7H4FN2O4/c8-6-4-2-1-3-5(6)7(9(11)12)10(13)14/h1-4H/q-1. The van der Waals surface area contributed by atoms with E-state index in [2.05, 4.69) is 0 Å². The Morgan fingerprint density at radius 3 is 2.07 bits per heavy atom. The third-order valence-electron chi connectivity index (χ3n) is 1.46. The van der Waals surface area contributed by atoms with Crippen molar-refractivity contribution in [3.05, 3.63) is 62.0 Å². The number of halogens is 1. The van der Waals surface area contributed by atoms with E-state index < -0.39 is 27.4 Å². The van der Waals surface area contributed by atoms with Crippen molar-refractivity contribution >= 4 is 0 Å². The highest BCUT2D eigenvalue weighted by molar-refractivity contribution is 5.24. The first-order valence-corrected chi connectivity index (χ1v) is 3.44. The van der Waals surface area contributed by atoms with Crippen molar-refractivity contribution in [1.29, 1.82) is 0 Å². The zero-order valence-corrected chi connectivity index (χ0v) is 6.71. The van der Waals surface area contributed by atoms with E-state index >= 15 is 0 Å². The molecule has 0 aromatic heterocycles. The van der Waals surface area contributed by atoms with Crippen LogP contribution in [-0.4, -0.2) is 9.85 Å². The van der Waals surface area contributed by atoms with Gasteiger partial charge in [0.15, 0.2) is 0 Å². The van der Waals surface area contributed by atoms with E-state index in [0.29, 0.717) is 0 Å². The Morgan fingerprint density at radius 1 is 1.14 bits per heavy atom. The molecule has 0 fully saturated rings. The zero-order chi connectivity index (χ0) is 10.7. The summed E-state index contributed by atoms with van der Waals surface area (Å²) in [5, 5.41) is 20.5. The topological polar surface area (TPSA) is 86.3 Å². The van der Waals surface area contributed by atoms with Gasteiger partial charge in [-0.1, -0.05) is 12.1 Å². The monoisotopic (exact) mass is 199 g/mol. The lowest BCUT2D eigenvalue weighted by Gasteiger charge is -2.08. The molecule has 0 saturated heterocycles. The van der Waals surface area contributed by atoms with E-state index in [-0.39, 0.29) is 0 Å². The average molecular weight is 199 g/mol. The second-order valence-electron chi connectivity index (χ2n) is 2.32. The maximum Gasteiger partial charge on any atom is 0.462 e. The minimum Gasteiger partial charge on any atom is -0.283 e. The summed E-state index contributed by atoms with van der Waals surface area (Å²) in [6.07, 6.45) is -1.36. The molecule has 1 aromatic rings. The van der Waals surface area contributed by atoms with Crippen LogP contribution in [0.15, 0.2) is 24.3 Å². The number of nitro groups is 2. The van der Waals surface area contributed by atoms with Crippen LogP contribution in [0.4, 0.5) is 4.39 Å². The summed E-state index contributed by atoms with van der Waals surface area (Å²) in [7, 11) is 0. The summed E-state index contributed by atoms with van der Waals surface area (Å²) in [6, 6.07) is 4.47. The Morgan fingerprint density at radius 2 is 1.64 bits per heavy atom. The summed E-state index contributed by atoms with van der Waals surface area (Å²) in [6.45, 7) is 0. The number of nitrogens with zero attached hydrogens (tertiary/aromatic N) is 2. The van der Waals surface area contributed by atoms with Crippen molar-refractivity contribution in [3.8, 4) is 0 Å². The molecule has 1 rings (SSSR count). The molecule has 0 atom stereocenters. The Balaban J connectivity index is 3.18. The van der Waals surface area contributed by atoms with Crippen molar-refractivity contribution in [2.24, 2.45) is 0 Å². The maximum absolute atomic E-state index is 12.9. The molecule has 74 valence electrons. The smallest absolute Gasteiger partial charge is 0.283 e. The molecule has 0 amide bonds. The van der Waals surface area contributed by atoms with Gasteiger partial charge < -0.3 is 0 Å². The Bertz CT molecular complexity index is 368. The summed E-state index contributed by atoms with van der Waals surface area (Å²) >= 11 is 0. The first-order valence-electron chi connectivity index (χ1n) is 3.44. The summed E-state index contributed by atoms with van der Waals surface area (Å²) in [5.41, 5.74) is -0.623. The normalized spacial score (nSPS) is 9.50. The molecule has 0 aliphatic rings. The quantitative estimate of drug-likeness (QED) is 0.416. The zero-order valence-electron chi connectivity index (χ0n) is 6.71. The highest BCUT2D eigenvalue weighted by Gasteiger charge is 2.32. The lowest BCUT2D eigenvalue weighted by atomic mass is 10.2. The van der Waals surface area contributed by atoms with E-state index in [1.807, 2.05) is 0 Å². The molecular weight excluding hydrogens is 195 g/mol. The van der Waals surface area contributed by atoms with E-state index in [9.17, 15) is 24.6 Å². The van der Waals surface area contributed by atoms with Crippen molar-refractivity contribution in [3.63, 3.8) is 0 Å². The molecule has 0 radical (unpaired) electrons. The van der Waals surface area contributed by atoms with Crippen LogP contribution in [0.1, 0.15) is 5.56 Å². The molecule has 0 heterocycles. The Hall–Kier alpha value is -2.18. The van der Waals surface area contributed by atoms with Crippen LogP contribution in [0, 0.1) is 32.2 Å². The van der Waals surface area contributed by atoms with Gasteiger partial charge in [0, 0.05) is 5.82 Å². The van der Waals surface area contributed by atoms with Gasteiger partial charge in [0.25, 0.3) is 0 Å². The first kappa shape index (κ1) is 9.90. The lowest BCUT2D eigenvalue weighted by Crippen LogP contribution is -2.21. The van der Waals surface area contributed by atoms with Gasteiger partial charge in [0.2, 0.25) is 0 Å². The van der Waals surface area contributed by atoms with Crippen LogP contribution in [-0.2, 0) is 0 Å². The second kappa shape index (κ2) is 3.69. The third-order valence-corrected chi connectivity index (χ3v) is 1.46. The minimum absolute atomic E-state index is 0.623. The molecule has 0 spiro atoms. The van der Waals surface area contributed by atoms with E-state index in [0.717, 1.165) is 12.1 Å². The van der Waals surface area contributed by atoms with Gasteiger partial charge in [-0.05, 0) is 5.56 Å². The molecule has 0 bridgehead atoms. The van der Waals surface area contributed by atoms with Crippen molar-refractivity contribution in [2.45, 2.75) is 0 Å². The van der Waals surface area contributed by atoms with Crippen molar-refractivity contribution < 1.29 is 14.2 Å². The highest BCUT2D eigenvalue weighted by atomic mass is 19.1. The first-order chi connectivity index (χ1) is 6.54. The van der Waals surface area contributed by atoms with Crippen molar-refractivity contribution in [2.75, 3.05) is 0 Å². The fourth-order valence-corrected chi connectivity index (χ4v) is 0.906. The van der Waals surface area contributed by atoms with Crippen LogP contribution in [0.3, 0.4) is 0 Å². The number of rotatable bonds is 3. The Kier molecular flexibility index (Phi) is 2.61. The largest absolute Gasteiger partial charge is 0.462 e. The average Bonchev–Trinajstić information content (AvgIpc) is 2.07. The van der Waals surface area contributed by atoms with Crippen LogP contribution < -0.4 is 0 Å². The van der Waals surface area contributed by atoms with Crippen molar-refractivity contribution in [1.82, 2.24) is 0 Å². The predicted molar refractivity (Wildman–Crippen MR) is 42.7 cm³/mol. The molecule has 1 aromatic carbocycles. The molecule has 0 unspecified atom stereocenters. The van der Waals surface area contributed by atoms with E-state index in [1.54, 1.807) is 0 Å². The van der Waals surface area contributed by atoms with Crippen LogP contribution >= 0.6 is 0 Å². The minimum atomic E-state index is -1.36. The number of hydrogen-bond donors (Lipinski definition) is 0. The van der Waals surface area contributed by atoms with Gasteiger partial charge in [-0.25, -0.2) is 0 Å². The van der Waals surface area contributed by atoms with Crippen LogP contribution in [0.25, 0.3) is 0 Å². The summed E-state index contributed by atoms with van der Waals surface area (Å²) < 4.78 is 12.9. The molecule has 0 aliphatic carbocycles. The van der Waals surface area contributed by atoms with Gasteiger partial charge in [0.05, 0.1) is 9.85 Å².